The van der Waals surface area contributed by atoms with Crippen molar-refractivity contribution in [2.75, 3.05) is 18.0 Å². The van der Waals surface area contributed by atoms with Gasteiger partial charge in [-0.15, -0.1) is 0 Å². The number of imidazole rings is 1. The molecule has 1 aliphatic rings. The monoisotopic (exact) mass is 367 g/mol. The lowest BCUT2D eigenvalue weighted by atomic mass is 9.99. The summed E-state index contributed by atoms with van der Waals surface area (Å²) >= 11 is 0. The zero-order valence-corrected chi connectivity index (χ0v) is 16.3. The molecule has 2 heterocycles. The second-order valence-corrected chi connectivity index (χ2v) is 7.73. The van der Waals surface area contributed by atoms with Crippen molar-refractivity contribution in [1.82, 2.24) is 9.97 Å². The summed E-state index contributed by atoms with van der Waals surface area (Å²) in [6.07, 6.45) is 3.99. The number of nitrogens with zero attached hydrogens (tertiary/aromatic N) is 2. The Labute approximate surface area is 166 Å². The minimum absolute atomic E-state index is 0.954. The summed E-state index contributed by atoms with van der Waals surface area (Å²) < 4.78 is 0. The number of aromatic nitrogens is 2. The molecule has 0 spiro atoms. The molecule has 140 valence electrons. The van der Waals surface area contributed by atoms with Gasteiger partial charge in [0.15, 0.2) is 0 Å². The van der Waals surface area contributed by atoms with E-state index in [1.807, 2.05) is 6.92 Å². The van der Waals surface area contributed by atoms with Crippen LogP contribution >= 0.6 is 0 Å². The molecular weight excluding hydrogens is 342 g/mol. The molecule has 0 radical (unpaired) electrons. The van der Waals surface area contributed by atoms with E-state index in [0.717, 1.165) is 16.9 Å². The molecule has 1 aliphatic heterocycles. The average Bonchev–Trinajstić information content (AvgIpc) is 3.14. The number of nitrogens with one attached hydrogen (secondary N) is 1. The lowest BCUT2D eigenvalue weighted by Gasteiger charge is -2.28. The maximum absolute atomic E-state index is 4.48. The molecule has 3 nitrogen and oxygen atoms in total. The molecule has 3 heteroatoms. The molecule has 28 heavy (non-hydrogen) atoms. The Morgan fingerprint density at radius 3 is 1.96 bits per heavy atom. The first-order valence-corrected chi connectivity index (χ1v) is 10.2. The number of aryl methyl sites for hydroxylation is 1. The van der Waals surface area contributed by atoms with Gasteiger partial charge in [-0.1, -0.05) is 42.5 Å². The quantitative estimate of drug-likeness (QED) is 0.468. The molecule has 1 saturated heterocycles. The Hall–Kier alpha value is -3.07. The van der Waals surface area contributed by atoms with Crippen molar-refractivity contribution in [3.05, 3.63) is 72.6 Å². The lowest BCUT2D eigenvalue weighted by molar-refractivity contribution is 0.578. The van der Waals surface area contributed by atoms with Gasteiger partial charge in [0.25, 0.3) is 0 Å². The molecule has 3 aromatic carbocycles. The molecule has 1 aromatic heterocycles. The van der Waals surface area contributed by atoms with Gasteiger partial charge in [-0.3, -0.25) is 0 Å². The van der Waals surface area contributed by atoms with Crippen LogP contribution in [0.1, 0.15) is 25.1 Å². The Balaban J connectivity index is 1.38. The standard InChI is InChI=1S/C25H25N3/c1-18-26-24-14-11-22(17-25(24)27-18)21-7-5-19(6-8-21)20-9-12-23(13-10-20)28-15-3-2-4-16-28/h5-14,17H,2-4,15-16H2,1H3,(H,26,27). The first kappa shape index (κ1) is 17.1. The second-order valence-electron chi connectivity index (χ2n) is 7.73. The smallest absolute Gasteiger partial charge is 0.104 e. The topological polar surface area (TPSA) is 31.9 Å². The van der Waals surface area contributed by atoms with Gasteiger partial charge < -0.3 is 9.88 Å². The fraction of sp³-hybridized carbons (Fsp3) is 0.240. The van der Waals surface area contributed by atoms with Crippen LogP contribution in [0.2, 0.25) is 0 Å². The Morgan fingerprint density at radius 1 is 0.714 bits per heavy atom. The summed E-state index contributed by atoms with van der Waals surface area (Å²) in [5.74, 6) is 0.954. The maximum atomic E-state index is 4.48. The summed E-state index contributed by atoms with van der Waals surface area (Å²) in [5.41, 5.74) is 8.42. The number of piperidine rings is 1. The summed E-state index contributed by atoms with van der Waals surface area (Å²) in [7, 11) is 0. The molecule has 0 bridgehead atoms. The van der Waals surface area contributed by atoms with Crippen LogP contribution in [-0.2, 0) is 0 Å². The van der Waals surface area contributed by atoms with Crippen LogP contribution in [0.3, 0.4) is 0 Å². The van der Waals surface area contributed by atoms with Crippen LogP contribution in [0.4, 0.5) is 5.69 Å². The normalized spacial score (nSPS) is 14.5. The Morgan fingerprint density at radius 2 is 1.29 bits per heavy atom. The van der Waals surface area contributed by atoms with E-state index in [4.69, 9.17) is 0 Å². The fourth-order valence-corrected chi connectivity index (χ4v) is 4.19. The van der Waals surface area contributed by atoms with E-state index in [-0.39, 0.29) is 0 Å². The van der Waals surface area contributed by atoms with Crippen LogP contribution in [0.5, 0.6) is 0 Å². The molecule has 4 aromatic rings. The van der Waals surface area contributed by atoms with E-state index < -0.39 is 0 Å². The van der Waals surface area contributed by atoms with Gasteiger partial charge in [0.05, 0.1) is 11.0 Å². The van der Waals surface area contributed by atoms with Crippen LogP contribution in [-0.4, -0.2) is 23.1 Å². The molecule has 0 atom stereocenters. The van der Waals surface area contributed by atoms with Crippen molar-refractivity contribution in [2.24, 2.45) is 0 Å². The minimum Gasteiger partial charge on any atom is -0.372 e. The van der Waals surface area contributed by atoms with Crippen LogP contribution in [0.25, 0.3) is 33.3 Å². The third kappa shape index (κ3) is 3.29. The Kier molecular flexibility index (Phi) is 4.36. The van der Waals surface area contributed by atoms with Gasteiger partial charge in [-0.25, -0.2) is 4.98 Å². The lowest BCUT2D eigenvalue weighted by Crippen LogP contribution is -2.29. The minimum atomic E-state index is 0.954. The zero-order chi connectivity index (χ0) is 18.9. The summed E-state index contributed by atoms with van der Waals surface area (Å²) in [6.45, 7) is 4.37. The van der Waals surface area contributed by atoms with Gasteiger partial charge in [0.2, 0.25) is 0 Å². The second kappa shape index (κ2) is 7.16. The van der Waals surface area contributed by atoms with Crippen LogP contribution in [0, 0.1) is 6.92 Å². The van der Waals surface area contributed by atoms with E-state index in [2.05, 4.69) is 81.6 Å². The molecule has 0 saturated carbocycles. The SMILES string of the molecule is Cc1nc2ccc(-c3ccc(-c4ccc(N5CCCCC5)cc4)cc3)cc2[nH]1. The number of hydrogen-bond acceptors (Lipinski definition) is 2. The first-order chi connectivity index (χ1) is 13.8. The fourth-order valence-electron chi connectivity index (χ4n) is 4.19. The van der Waals surface area contributed by atoms with E-state index in [9.17, 15) is 0 Å². The molecule has 0 amide bonds. The highest BCUT2D eigenvalue weighted by Crippen LogP contribution is 2.28. The van der Waals surface area contributed by atoms with E-state index in [0.29, 0.717) is 0 Å². The van der Waals surface area contributed by atoms with Crippen molar-refractivity contribution in [2.45, 2.75) is 26.2 Å². The molecule has 0 unspecified atom stereocenters. The van der Waals surface area contributed by atoms with Crippen LogP contribution in [0.15, 0.2) is 66.7 Å². The number of hydrogen-bond donors (Lipinski definition) is 1. The van der Waals surface area contributed by atoms with Crippen molar-refractivity contribution in [3.8, 4) is 22.3 Å². The maximum Gasteiger partial charge on any atom is 0.104 e. The van der Waals surface area contributed by atoms with Crippen molar-refractivity contribution in [1.29, 1.82) is 0 Å². The number of fused-ring (bicyclic) bond motifs is 1. The third-order valence-corrected chi connectivity index (χ3v) is 5.74. The van der Waals surface area contributed by atoms with Crippen molar-refractivity contribution in [3.63, 3.8) is 0 Å². The first-order valence-electron chi connectivity index (χ1n) is 10.2. The summed E-state index contributed by atoms with van der Waals surface area (Å²) in [5, 5.41) is 0. The number of aromatic amines is 1. The molecular formula is C25H25N3. The summed E-state index contributed by atoms with van der Waals surface area (Å²) in [6, 6.07) is 24.3. The number of anilines is 1. The molecule has 1 N–H and O–H groups in total. The highest BCUT2D eigenvalue weighted by molar-refractivity contribution is 5.82. The highest BCUT2D eigenvalue weighted by Gasteiger charge is 2.11. The molecule has 0 aliphatic carbocycles. The predicted molar refractivity (Wildman–Crippen MR) is 118 cm³/mol. The zero-order valence-electron chi connectivity index (χ0n) is 16.3. The van der Waals surface area contributed by atoms with Gasteiger partial charge >= 0.3 is 0 Å². The average molecular weight is 367 g/mol. The Bertz CT molecular complexity index is 1090. The van der Waals surface area contributed by atoms with Gasteiger partial charge in [-0.05, 0) is 72.7 Å². The number of rotatable bonds is 3. The largest absolute Gasteiger partial charge is 0.372 e. The van der Waals surface area contributed by atoms with Crippen molar-refractivity contribution >= 4 is 16.7 Å². The third-order valence-electron chi connectivity index (χ3n) is 5.74. The predicted octanol–water partition coefficient (Wildman–Crippen LogP) is 6.20. The molecule has 5 rings (SSSR count). The number of benzene rings is 3. The van der Waals surface area contributed by atoms with Gasteiger partial charge in [0, 0.05) is 18.8 Å². The van der Waals surface area contributed by atoms with Gasteiger partial charge in [-0.2, -0.15) is 0 Å². The highest BCUT2D eigenvalue weighted by atomic mass is 15.1. The van der Waals surface area contributed by atoms with Crippen LogP contribution < -0.4 is 4.90 Å². The van der Waals surface area contributed by atoms with E-state index in [1.54, 1.807) is 0 Å². The summed E-state index contributed by atoms with van der Waals surface area (Å²) in [4.78, 5) is 10.3. The van der Waals surface area contributed by atoms with E-state index >= 15 is 0 Å². The number of H-pyrrole nitrogens is 1. The van der Waals surface area contributed by atoms with Gasteiger partial charge in [0.1, 0.15) is 5.82 Å². The molecule has 1 fully saturated rings. The van der Waals surface area contributed by atoms with Crippen molar-refractivity contribution < 1.29 is 0 Å². The van der Waals surface area contributed by atoms with E-state index in [1.165, 1.54) is 60.3 Å².